The van der Waals surface area contributed by atoms with Gasteiger partial charge in [-0.15, -0.1) is 0 Å². The van der Waals surface area contributed by atoms with Crippen LogP contribution in [0.2, 0.25) is 0 Å². The van der Waals surface area contributed by atoms with Crippen LogP contribution in [0.4, 0.5) is 0 Å². The van der Waals surface area contributed by atoms with Crippen molar-refractivity contribution in [3.63, 3.8) is 0 Å². The van der Waals surface area contributed by atoms with Crippen molar-refractivity contribution < 1.29 is 59.8 Å². The van der Waals surface area contributed by atoms with Gasteiger partial charge in [0.2, 0.25) is 0 Å². The Kier molecular flexibility index (Phi) is 11.5. The largest absolute Gasteiger partial charge is 0.508 e. The number of phenols is 2. The topological polar surface area (TPSA) is 199 Å². The lowest BCUT2D eigenvalue weighted by Crippen LogP contribution is -2.60. The summed E-state index contributed by atoms with van der Waals surface area (Å²) in [4.78, 5) is 0. The zero-order valence-electron chi connectivity index (χ0n) is 23.3. The highest BCUT2D eigenvalue weighted by atomic mass is 16.7. The highest BCUT2D eigenvalue weighted by Gasteiger charge is 2.50. The first-order valence-corrected chi connectivity index (χ1v) is 14.2. The Bertz CT molecular complexity index is 1080. The van der Waals surface area contributed by atoms with Gasteiger partial charge in [0, 0.05) is 0 Å². The average molecular weight is 595 g/mol. The summed E-state index contributed by atoms with van der Waals surface area (Å²) in [6, 6.07) is 13.9. The van der Waals surface area contributed by atoms with E-state index in [2.05, 4.69) is 0 Å². The van der Waals surface area contributed by atoms with Crippen LogP contribution in [0, 0.1) is 0 Å². The van der Waals surface area contributed by atoms with E-state index in [1.165, 1.54) is 0 Å². The van der Waals surface area contributed by atoms with E-state index in [0.717, 1.165) is 30.4 Å². The molecule has 2 aliphatic heterocycles. The van der Waals surface area contributed by atoms with E-state index in [1.54, 1.807) is 24.3 Å². The third kappa shape index (κ3) is 8.38. The number of phenolic OH excluding ortho intramolecular Hbond substituents is 2. The van der Waals surface area contributed by atoms with Gasteiger partial charge in [-0.1, -0.05) is 30.7 Å². The first kappa shape index (κ1) is 32.6. The van der Waals surface area contributed by atoms with Gasteiger partial charge in [0.25, 0.3) is 0 Å². The van der Waals surface area contributed by atoms with E-state index in [9.17, 15) is 40.9 Å². The summed E-state index contributed by atoms with van der Waals surface area (Å²) in [5, 5.41) is 80.5. The molecular formula is C30H42O12. The van der Waals surface area contributed by atoms with Crippen molar-refractivity contribution in [1.82, 2.24) is 0 Å². The quantitative estimate of drug-likeness (QED) is 0.137. The number of hydrogen-bond acceptors (Lipinski definition) is 12. The maximum atomic E-state index is 10.7. The van der Waals surface area contributed by atoms with Crippen LogP contribution >= 0.6 is 0 Å². The number of unbranched alkanes of at least 4 members (excludes halogenated alkanes) is 1. The van der Waals surface area contributed by atoms with E-state index in [4.69, 9.17) is 18.9 Å². The first-order valence-electron chi connectivity index (χ1n) is 14.2. The fourth-order valence-corrected chi connectivity index (χ4v) is 5.12. The molecule has 2 heterocycles. The highest BCUT2D eigenvalue weighted by molar-refractivity contribution is 5.26. The molecular weight excluding hydrogens is 552 g/mol. The molecule has 2 aromatic rings. The van der Waals surface area contributed by atoms with Crippen molar-refractivity contribution in [2.45, 2.75) is 93.3 Å². The molecule has 0 unspecified atom stereocenters. The Labute approximate surface area is 244 Å². The summed E-state index contributed by atoms with van der Waals surface area (Å²) < 4.78 is 22.7. The van der Waals surface area contributed by atoms with Gasteiger partial charge in [0.15, 0.2) is 12.6 Å². The fourth-order valence-electron chi connectivity index (χ4n) is 5.12. The third-order valence-electron chi connectivity index (χ3n) is 7.87. The molecule has 234 valence electrons. The first-order chi connectivity index (χ1) is 20.1. The number of aromatic hydroxyl groups is 2. The lowest BCUT2D eigenvalue weighted by molar-refractivity contribution is -0.319. The second-order valence-electron chi connectivity index (χ2n) is 11.1. The third-order valence-corrected chi connectivity index (χ3v) is 7.87. The highest BCUT2D eigenvalue weighted by Crippen LogP contribution is 2.29. The summed E-state index contributed by atoms with van der Waals surface area (Å²) in [6.07, 6.45) is -6.13. The smallest absolute Gasteiger partial charge is 0.186 e. The van der Waals surface area contributed by atoms with Crippen molar-refractivity contribution in [3.05, 3.63) is 59.7 Å². The van der Waals surface area contributed by atoms with E-state index in [-0.39, 0.29) is 30.8 Å². The predicted molar refractivity (Wildman–Crippen MR) is 147 cm³/mol. The normalized spacial score (nSPS) is 32.2. The molecule has 4 rings (SSSR count). The number of aliphatic hydroxyl groups is 6. The van der Waals surface area contributed by atoms with Crippen molar-refractivity contribution >= 4 is 0 Å². The predicted octanol–water partition coefficient (Wildman–Crippen LogP) is 0.0934. The number of hydrogen-bond donors (Lipinski definition) is 8. The molecule has 2 aliphatic rings. The number of benzene rings is 2. The van der Waals surface area contributed by atoms with Gasteiger partial charge in [-0.05, 0) is 67.5 Å². The molecule has 2 saturated heterocycles. The van der Waals surface area contributed by atoms with E-state index in [0.29, 0.717) is 19.3 Å². The molecule has 8 N–H and O–H groups in total. The zero-order valence-corrected chi connectivity index (χ0v) is 23.3. The Morgan fingerprint density at radius 2 is 1.40 bits per heavy atom. The summed E-state index contributed by atoms with van der Waals surface area (Å²) >= 11 is 0. The minimum absolute atomic E-state index is 0.164. The van der Waals surface area contributed by atoms with Crippen LogP contribution in [0.5, 0.6) is 11.5 Å². The van der Waals surface area contributed by atoms with Crippen LogP contribution in [0.1, 0.15) is 36.8 Å². The van der Waals surface area contributed by atoms with Crippen LogP contribution in [0.25, 0.3) is 0 Å². The molecule has 0 amide bonds. The average Bonchev–Trinajstić information content (AvgIpc) is 3.28. The van der Waals surface area contributed by atoms with Gasteiger partial charge in [0.1, 0.15) is 47.6 Å². The minimum atomic E-state index is -1.88. The SMILES string of the molecule is OC[C@@]1(O)CO[C@@H](OC[C@H]2O[C@@H](O[C@H](CCCCc3ccc(O)cc3)CCc3ccc(O)cc3)[C@H](O)[C@H](O)[C@H]2O)[C@@H]1O. The Hall–Kier alpha value is -2.36. The van der Waals surface area contributed by atoms with Gasteiger partial charge in [0.05, 0.1) is 25.9 Å². The van der Waals surface area contributed by atoms with Gasteiger partial charge < -0.3 is 59.8 Å². The molecule has 2 fully saturated rings. The van der Waals surface area contributed by atoms with Crippen LogP contribution < -0.4 is 0 Å². The summed E-state index contributed by atoms with van der Waals surface area (Å²) in [5.74, 6) is 0.374. The molecule has 0 aromatic heterocycles. The van der Waals surface area contributed by atoms with Crippen LogP contribution in [0.15, 0.2) is 48.5 Å². The number of aliphatic hydroxyl groups excluding tert-OH is 5. The van der Waals surface area contributed by atoms with Gasteiger partial charge in [-0.25, -0.2) is 0 Å². The molecule has 42 heavy (non-hydrogen) atoms. The van der Waals surface area contributed by atoms with Gasteiger partial charge >= 0.3 is 0 Å². The Balaban J connectivity index is 1.36. The van der Waals surface area contributed by atoms with E-state index < -0.39 is 55.3 Å². The van der Waals surface area contributed by atoms with Gasteiger partial charge in [-0.2, -0.15) is 0 Å². The zero-order chi connectivity index (χ0) is 30.3. The molecule has 0 radical (unpaired) electrons. The molecule has 9 atom stereocenters. The lowest BCUT2D eigenvalue weighted by atomic mass is 9.98. The van der Waals surface area contributed by atoms with Crippen LogP contribution in [-0.4, -0.2) is 115 Å². The van der Waals surface area contributed by atoms with Crippen molar-refractivity contribution in [3.8, 4) is 11.5 Å². The molecule has 12 heteroatoms. The van der Waals surface area contributed by atoms with Crippen LogP contribution in [-0.2, 0) is 31.8 Å². The molecule has 0 saturated carbocycles. The van der Waals surface area contributed by atoms with E-state index in [1.807, 2.05) is 24.3 Å². The lowest BCUT2D eigenvalue weighted by Gasteiger charge is -2.41. The van der Waals surface area contributed by atoms with Crippen molar-refractivity contribution in [2.24, 2.45) is 0 Å². The molecule has 2 aromatic carbocycles. The van der Waals surface area contributed by atoms with Crippen molar-refractivity contribution in [1.29, 1.82) is 0 Å². The number of aryl methyl sites for hydroxylation is 2. The van der Waals surface area contributed by atoms with Crippen LogP contribution in [0.3, 0.4) is 0 Å². The van der Waals surface area contributed by atoms with E-state index >= 15 is 0 Å². The maximum absolute atomic E-state index is 10.7. The number of rotatable bonds is 14. The summed E-state index contributed by atoms with van der Waals surface area (Å²) in [7, 11) is 0. The Morgan fingerprint density at radius 1 is 0.786 bits per heavy atom. The monoisotopic (exact) mass is 594 g/mol. The summed E-state index contributed by atoms with van der Waals surface area (Å²) in [5.41, 5.74) is 0.190. The number of ether oxygens (including phenoxy) is 4. The van der Waals surface area contributed by atoms with Crippen molar-refractivity contribution in [2.75, 3.05) is 19.8 Å². The molecule has 0 bridgehead atoms. The maximum Gasteiger partial charge on any atom is 0.186 e. The summed E-state index contributed by atoms with van der Waals surface area (Å²) in [6.45, 7) is -1.46. The second-order valence-corrected chi connectivity index (χ2v) is 11.1. The second kappa shape index (κ2) is 14.9. The Morgan fingerprint density at radius 3 is 2.00 bits per heavy atom. The standard InChI is InChI=1S/C30H42O12/c31-16-30(38)17-40-29(27(30)37)39-15-23-24(34)25(35)26(36)28(42-23)41-22(14-9-19-7-12-21(33)13-8-19)4-2-1-3-18-5-10-20(32)11-6-18/h5-8,10-13,22-29,31-38H,1-4,9,14-17H2/t22-,23-,24+,25-,26-,27+,28-,29-,30-/m1/s1. The minimum Gasteiger partial charge on any atom is -0.508 e. The fraction of sp³-hybridized carbons (Fsp3) is 0.600. The molecule has 0 aliphatic carbocycles. The molecule has 12 nitrogen and oxygen atoms in total. The van der Waals surface area contributed by atoms with Gasteiger partial charge in [-0.3, -0.25) is 0 Å². The molecule has 0 spiro atoms.